The number of nitrogens with zero attached hydrogens (tertiary/aromatic N) is 5. The van der Waals surface area contributed by atoms with E-state index in [2.05, 4.69) is 20.4 Å². The van der Waals surface area contributed by atoms with Crippen LogP contribution in [0.1, 0.15) is 5.69 Å². The van der Waals surface area contributed by atoms with Crippen molar-refractivity contribution in [2.75, 3.05) is 37.0 Å². The largest absolute Gasteiger partial charge is 0.384 e. The van der Waals surface area contributed by atoms with E-state index in [0.717, 1.165) is 29.2 Å². The second kappa shape index (κ2) is 7.87. The van der Waals surface area contributed by atoms with Gasteiger partial charge in [-0.25, -0.2) is 9.37 Å². The topological polar surface area (TPSA) is 83.2 Å². The summed E-state index contributed by atoms with van der Waals surface area (Å²) in [4.78, 5) is 8.86. The normalized spacial score (nSPS) is 14.0. The first-order chi connectivity index (χ1) is 13.6. The van der Waals surface area contributed by atoms with E-state index in [1.807, 2.05) is 36.2 Å². The highest BCUT2D eigenvalue weighted by atomic mass is 19.1. The summed E-state index contributed by atoms with van der Waals surface area (Å²) < 4.78 is 13.3. The maximum atomic E-state index is 13.3. The van der Waals surface area contributed by atoms with E-state index in [9.17, 15) is 4.39 Å². The fourth-order valence-corrected chi connectivity index (χ4v) is 3.18. The number of hydrogen-bond acceptors (Lipinski definition) is 7. The SMILES string of the molecule is CN1Cc2nc(-c3ccc(NCCN)cc3)nnc2N(c2ccc(F)cc2)C1. The van der Waals surface area contributed by atoms with Crippen LogP contribution in [0.3, 0.4) is 0 Å². The van der Waals surface area contributed by atoms with Crippen LogP contribution in [0.2, 0.25) is 0 Å². The molecule has 0 atom stereocenters. The summed E-state index contributed by atoms with van der Waals surface area (Å²) in [5, 5.41) is 12.0. The number of aromatic nitrogens is 3. The van der Waals surface area contributed by atoms with E-state index in [-0.39, 0.29) is 5.82 Å². The molecule has 0 saturated carbocycles. The molecule has 0 saturated heterocycles. The van der Waals surface area contributed by atoms with Gasteiger partial charge in [-0.2, -0.15) is 0 Å². The third kappa shape index (κ3) is 3.78. The monoisotopic (exact) mass is 379 g/mol. The quantitative estimate of drug-likeness (QED) is 0.705. The van der Waals surface area contributed by atoms with E-state index in [1.165, 1.54) is 12.1 Å². The second-order valence-corrected chi connectivity index (χ2v) is 6.76. The molecule has 0 fully saturated rings. The third-order valence-corrected chi connectivity index (χ3v) is 4.55. The molecule has 28 heavy (non-hydrogen) atoms. The summed E-state index contributed by atoms with van der Waals surface area (Å²) in [6, 6.07) is 14.2. The lowest BCUT2D eigenvalue weighted by atomic mass is 10.2. The Balaban J connectivity index is 1.63. The van der Waals surface area contributed by atoms with Gasteiger partial charge >= 0.3 is 0 Å². The number of nitrogens with two attached hydrogens (primary N) is 1. The second-order valence-electron chi connectivity index (χ2n) is 6.76. The van der Waals surface area contributed by atoms with E-state index < -0.39 is 0 Å². The van der Waals surface area contributed by atoms with Crippen LogP contribution in [0.4, 0.5) is 21.6 Å². The molecule has 7 nitrogen and oxygen atoms in total. The van der Waals surface area contributed by atoms with Gasteiger partial charge in [0, 0.05) is 36.6 Å². The summed E-state index contributed by atoms with van der Waals surface area (Å²) in [6.07, 6.45) is 0. The molecule has 0 spiro atoms. The fourth-order valence-electron chi connectivity index (χ4n) is 3.18. The summed E-state index contributed by atoms with van der Waals surface area (Å²) in [7, 11) is 2.01. The van der Waals surface area contributed by atoms with Gasteiger partial charge < -0.3 is 16.0 Å². The predicted octanol–water partition coefficient (Wildman–Crippen LogP) is 2.59. The van der Waals surface area contributed by atoms with Crippen LogP contribution in [-0.4, -0.2) is 46.9 Å². The van der Waals surface area contributed by atoms with Crippen LogP contribution in [0, 0.1) is 5.82 Å². The Kier molecular flexibility index (Phi) is 5.14. The molecule has 144 valence electrons. The van der Waals surface area contributed by atoms with Crippen molar-refractivity contribution < 1.29 is 4.39 Å². The fraction of sp³-hybridized carbons (Fsp3) is 0.250. The zero-order valence-electron chi connectivity index (χ0n) is 15.6. The van der Waals surface area contributed by atoms with Gasteiger partial charge in [-0.1, -0.05) is 0 Å². The lowest BCUT2D eigenvalue weighted by Gasteiger charge is -2.34. The maximum Gasteiger partial charge on any atom is 0.182 e. The van der Waals surface area contributed by atoms with Crippen LogP contribution in [-0.2, 0) is 6.54 Å². The highest BCUT2D eigenvalue weighted by Gasteiger charge is 2.25. The van der Waals surface area contributed by atoms with Crippen LogP contribution >= 0.6 is 0 Å². The van der Waals surface area contributed by atoms with E-state index in [1.54, 1.807) is 12.1 Å². The smallest absolute Gasteiger partial charge is 0.182 e. The number of nitrogens with one attached hydrogen (secondary N) is 1. The number of fused-ring (bicyclic) bond motifs is 1. The van der Waals surface area contributed by atoms with Gasteiger partial charge in [0.15, 0.2) is 11.6 Å². The lowest BCUT2D eigenvalue weighted by molar-refractivity contribution is 0.313. The molecule has 1 aliphatic rings. The molecule has 3 aromatic rings. The van der Waals surface area contributed by atoms with Gasteiger partial charge in [0.1, 0.15) is 11.5 Å². The Bertz CT molecular complexity index is 944. The molecule has 1 aliphatic heterocycles. The predicted molar refractivity (Wildman–Crippen MR) is 108 cm³/mol. The Labute approximate surface area is 163 Å². The average Bonchev–Trinajstić information content (AvgIpc) is 2.72. The van der Waals surface area contributed by atoms with Crippen molar-refractivity contribution in [3.05, 3.63) is 60.0 Å². The molecule has 0 amide bonds. The first-order valence-corrected chi connectivity index (χ1v) is 9.13. The third-order valence-electron chi connectivity index (χ3n) is 4.55. The highest BCUT2D eigenvalue weighted by Crippen LogP contribution is 2.31. The molecule has 1 aromatic heterocycles. The van der Waals surface area contributed by atoms with Crippen molar-refractivity contribution in [2.45, 2.75) is 6.54 Å². The molecular weight excluding hydrogens is 357 g/mol. The molecule has 0 aliphatic carbocycles. The van der Waals surface area contributed by atoms with Crippen molar-refractivity contribution in [2.24, 2.45) is 5.73 Å². The maximum absolute atomic E-state index is 13.3. The van der Waals surface area contributed by atoms with Gasteiger partial charge in [0.25, 0.3) is 0 Å². The van der Waals surface area contributed by atoms with Crippen molar-refractivity contribution >= 4 is 17.2 Å². The summed E-state index contributed by atoms with van der Waals surface area (Å²) in [5.74, 6) is 1.02. The lowest BCUT2D eigenvalue weighted by Crippen LogP contribution is -2.38. The first-order valence-electron chi connectivity index (χ1n) is 9.13. The van der Waals surface area contributed by atoms with Gasteiger partial charge in [0.05, 0.1) is 6.67 Å². The molecule has 0 bridgehead atoms. The van der Waals surface area contributed by atoms with Crippen molar-refractivity contribution in [1.29, 1.82) is 0 Å². The first kappa shape index (κ1) is 18.3. The molecule has 0 unspecified atom stereocenters. The van der Waals surface area contributed by atoms with Gasteiger partial charge in [0.2, 0.25) is 0 Å². The zero-order chi connectivity index (χ0) is 19.5. The van der Waals surface area contributed by atoms with Crippen molar-refractivity contribution in [1.82, 2.24) is 20.1 Å². The average molecular weight is 379 g/mol. The number of halogens is 1. The summed E-state index contributed by atoms with van der Waals surface area (Å²) in [5.41, 5.74) is 9.11. The van der Waals surface area contributed by atoms with Crippen molar-refractivity contribution in [3.63, 3.8) is 0 Å². The Morgan fingerprint density at radius 2 is 1.82 bits per heavy atom. The standard InChI is InChI=1S/C20H22FN7/c1-27-12-18-20(28(13-27)17-8-4-15(21)5-9-17)26-25-19(24-18)14-2-6-16(7-3-14)23-11-10-22/h2-9,23H,10-13,22H2,1H3. The van der Waals surface area contributed by atoms with Gasteiger partial charge in [-0.05, 0) is 55.6 Å². The van der Waals surface area contributed by atoms with E-state index in [4.69, 9.17) is 10.7 Å². The summed E-state index contributed by atoms with van der Waals surface area (Å²) >= 11 is 0. The minimum absolute atomic E-state index is 0.265. The molecule has 4 rings (SSSR count). The van der Waals surface area contributed by atoms with Crippen molar-refractivity contribution in [3.8, 4) is 11.4 Å². The summed E-state index contributed by atoms with van der Waals surface area (Å²) in [6.45, 7) is 2.61. The molecule has 0 radical (unpaired) electrons. The molecular formula is C20H22FN7. The van der Waals surface area contributed by atoms with Crippen LogP contribution in [0.5, 0.6) is 0 Å². The minimum Gasteiger partial charge on any atom is -0.384 e. The molecule has 2 aromatic carbocycles. The molecule has 3 N–H and O–H groups in total. The zero-order valence-corrected chi connectivity index (χ0v) is 15.6. The Hall–Kier alpha value is -3.10. The van der Waals surface area contributed by atoms with Crippen LogP contribution in [0.25, 0.3) is 11.4 Å². The van der Waals surface area contributed by atoms with Gasteiger partial charge in [-0.15, -0.1) is 10.2 Å². The number of hydrogen-bond donors (Lipinski definition) is 2. The number of benzene rings is 2. The van der Waals surface area contributed by atoms with Gasteiger partial charge in [-0.3, -0.25) is 4.90 Å². The molecule has 2 heterocycles. The van der Waals surface area contributed by atoms with E-state index >= 15 is 0 Å². The van der Waals surface area contributed by atoms with Crippen LogP contribution < -0.4 is 16.0 Å². The number of rotatable bonds is 5. The minimum atomic E-state index is -0.265. The van der Waals surface area contributed by atoms with Crippen LogP contribution in [0.15, 0.2) is 48.5 Å². The molecule has 8 heteroatoms. The Morgan fingerprint density at radius 1 is 1.07 bits per heavy atom. The van der Waals surface area contributed by atoms with E-state index in [0.29, 0.717) is 31.4 Å². The Morgan fingerprint density at radius 3 is 2.54 bits per heavy atom. The number of anilines is 3. The highest BCUT2D eigenvalue weighted by molar-refractivity contribution is 5.65.